The summed E-state index contributed by atoms with van der Waals surface area (Å²) in [5.41, 5.74) is 6.68. The maximum Gasteiger partial charge on any atom is 0.144 e. The van der Waals surface area contributed by atoms with Gasteiger partial charge >= 0.3 is 0 Å². The largest absolute Gasteiger partial charge is 0.457 e. The van der Waals surface area contributed by atoms with E-state index >= 15 is 0 Å². The second-order valence-corrected chi connectivity index (χ2v) is 4.18. The van der Waals surface area contributed by atoms with Gasteiger partial charge in [-0.15, -0.1) is 0 Å². The van der Waals surface area contributed by atoms with Gasteiger partial charge in [0, 0.05) is 17.7 Å². The van der Waals surface area contributed by atoms with Crippen LogP contribution in [0.2, 0.25) is 0 Å². The van der Waals surface area contributed by atoms with Gasteiger partial charge < -0.3 is 10.5 Å². The normalized spacial score (nSPS) is 11.7. The van der Waals surface area contributed by atoms with E-state index in [-0.39, 0.29) is 11.6 Å². The topological polar surface area (TPSA) is 59.0 Å². The zero-order chi connectivity index (χ0) is 13.8. The number of nitriles is 1. The van der Waals surface area contributed by atoms with Gasteiger partial charge in [-0.2, -0.15) is 5.26 Å². The molecule has 0 saturated heterocycles. The van der Waals surface area contributed by atoms with E-state index in [4.69, 9.17) is 15.7 Å². The average Bonchev–Trinajstić information content (AvgIpc) is 2.39. The predicted octanol–water partition coefficient (Wildman–Crippen LogP) is 3.51. The zero-order valence-electron chi connectivity index (χ0n) is 10.4. The molecule has 2 aromatic carbocycles. The summed E-state index contributed by atoms with van der Waals surface area (Å²) in [7, 11) is 0. The summed E-state index contributed by atoms with van der Waals surface area (Å²) in [6, 6.07) is 13.0. The van der Waals surface area contributed by atoms with Crippen LogP contribution >= 0.6 is 0 Å². The summed E-state index contributed by atoms with van der Waals surface area (Å²) in [6.45, 7) is 1.85. The molecule has 2 N–H and O–H groups in total. The van der Waals surface area contributed by atoms with Crippen LogP contribution in [0.5, 0.6) is 11.5 Å². The maximum atomic E-state index is 13.5. The van der Waals surface area contributed by atoms with Crippen molar-refractivity contribution in [3.05, 3.63) is 59.4 Å². The number of hydrogen-bond acceptors (Lipinski definition) is 3. The third-order valence-corrected chi connectivity index (χ3v) is 2.70. The van der Waals surface area contributed by atoms with Gasteiger partial charge in [0.1, 0.15) is 23.4 Å². The van der Waals surface area contributed by atoms with Crippen LogP contribution in [0.25, 0.3) is 0 Å². The van der Waals surface area contributed by atoms with Crippen molar-refractivity contribution in [3.8, 4) is 17.6 Å². The van der Waals surface area contributed by atoms with Gasteiger partial charge in [0.15, 0.2) is 0 Å². The number of benzene rings is 2. The van der Waals surface area contributed by atoms with Gasteiger partial charge in [-0.1, -0.05) is 18.2 Å². The van der Waals surface area contributed by atoms with Gasteiger partial charge in [-0.25, -0.2) is 4.39 Å². The first kappa shape index (κ1) is 13.1. The summed E-state index contributed by atoms with van der Waals surface area (Å²) in [5, 5.41) is 8.67. The van der Waals surface area contributed by atoms with Crippen LogP contribution < -0.4 is 10.5 Å². The van der Waals surface area contributed by atoms with Crippen LogP contribution in [0.1, 0.15) is 24.1 Å². The lowest BCUT2D eigenvalue weighted by Crippen LogP contribution is -2.06. The van der Waals surface area contributed by atoms with Gasteiger partial charge in [-0.3, -0.25) is 0 Å². The molecule has 0 unspecified atom stereocenters. The highest BCUT2D eigenvalue weighted by Gasteiger charge is 2.09. The van der Waals surface area contributed by atoms with E-state index in [1.165, 1.54) is 12.1 Å². The second kappa shape index (κ2) is 5.51. The first-order valence-corrected chi connectivity index (χ1v) is 5.84. The first-order valence-electron chi connectivity index (χ1n) is 5.84. The SMILES string of the molecule is C[C@@H](N)c1ccccc1Oc1ccc(C#N)c(F)c1. The molecule has 0 aliphatic heterocycles. The molecule has 0 bridgehead atoms. The number of para-hydroxylation sites is 1. The van der Waals surface area contributed by atoms with Gasteiger partial charge in [0.2, 0.25) is 0 Å². The minimum Gasteiger partial charge on any atom is -0.457 e. The van der Waals surface area contributed by atoms with Crippen molar-refractivity contribution in [2.24, 2.45) is 5.73 Å². The highest BCUT2D eigenvalue weighted by Crippen LogP contribution is 2.29. The minimum atomic E-state index is -0.599. The molecule has 2 aromatic rings. The molecule has 0 aromatic heterocycles. The average molecular weight is 256 g/mol. The van der Waals surface area contributed by atoms with Crippen molar-refractivity contribution >= 4 is 0 Å². The predicted molar refractivity (Wildman–Crippen MR) is 70.2 cm³/mol. The smallest absolute Gasteiger partial charge is 0.144 e. The summed E-state index contributed by atoms with van der Waals surface area (Å²) in [5.74, 6) is 0.324. The molecule has 0 aliphatic rings. The van der Waals surface area contributed by atoms with E-state index in [2.05, 4.69) is 0 Å². The van der Waals surface area contributed by atoms with Crippen LogP contribution in [-0.2, 0) is 0 Å². The molecular weight excluding hydrogens is 243 g/mol. The number of nitrogens with zero attached hydrogens (tertiary/aromatic N) is 1. The molecule has 3 nitrogen and oxygen atoms in total. The van der Waals surface area contributed by atoms with E-state index < -0.39 is 5.82 Å². The van der Waals surface area contributed by atoms with Crippen LogP contribution in [0, 0.1) is 17.1 Å². The summed E-state index contributed by atoms with van der Waals surface area (Å²) in [6.07, 6.45) is 0. The Labute approximate surface area is 111 Å². The summed E-state index contributed by atoms with van der Waals surface area (Å²) >= 11 is 0. The number of ether oxygens (including phenoxy) is 1. The molecule has 2 rings (SSSR count). The minimum absolute atomic E-state index is 0.00664. The molecule has 1 atom stereocenters. The Kier molecular flexibility index (Phi) is 3.79. The Morgan fingerprint density at radius 2 is 2.00 bits per heavy atom. The van der Waals surface area contributed by atoms with E-state index in [1.807, 2.05) is 25.1 Å². The number of nitrogens with two attached hydrogens (primary N) is 1. The van der Waals surface area contributed by atoms with Crippen LogP contribution in [0.15, 0.2) is 42.5 Å². The standard InChI is InChI=1S/C15H13FN2O/c1-10(18)13-4-2-3-5-15(13)19-12-7-6-11(9-17)14(16)8-12/h2-8,10H,18H2,1H3/t10-/m1/s1. The second-order valence-electron chi connectivity index (χ2n) is 4.18. The molecular formula is C15H13FN2O. The molecule has 0 fully saturated rings. The third-order valence-electron chi connectivity index (χ3n) is 2.70. The molecule has 0 aliphatic carbocycles. The molecule has 0 heterocycles. The Balaban J connectivity index is 2.32. The van der Waals surface area contributed by atoms with E-state index in [1.54, 1.807) is 18.2 Å². The van der Waals surface area contributed by atoms with Gasteiger partial charge in [0.05, 0.1) is 5.56 Å². The fourth-order valence-corrected chi connectivity index (χ4v) is 1.73. The summed E-state index contributed by atoms with van der Waals surface area (Å²) < 4.78 is 19.1. The molecule has 0 amide bonds. The quantitative estimate of drug-likeness (QED) is 0.914. The van der Waals surface area contributed by atoms with Crippen molar-refractivity contribution in [1.82, 2.24) is 0 Å². The van der Waals surface area contributed by atoms with Crippen molar-refractivity contribution in [2.45, 2.75) is 13.0 Å². The van der Waals surface area contributed by atoms with Crippen LogP contribution in [0.4, 0.5) is 4.39 Å². The lowest BCUT2D eigenvalue weighted by atomic mass is 10.1. The third kappa shape index (κ3) is 2.90. The Hall–Kier alpha value is -2.38. The van der Waals surface area contributed by atoms with Crippen molar-refractivity contribution < 1.29 is 9.13 Å². The molecule has 4 heteroatoms. The molecule has 0 radical (unpaired) electrons. The Bertz CT molecular complexity index is 632. The highest BCUT2D eigenvalue weighted by molar-refractivity contribution is 5.42. The Morgan fingerprint density at radius 3 is 2.63 bits per heavy atom. The molecule has 0 saturated carbocycles. The van der Waals surface area contributed by atoms with Gasteiger partial charge in [-0.05, 0) is 25.1 Å². The van der Waals surface area contributed by atoms with Crippen LogP contribution in [0.3, 0.4) is 0 Å². The molecule has 0 spiro atoms. The Morgan fingerprint density at radius 1 is 1.26 bits per heavy atom. The summed E-state index contributed by atoms with van der Waals surface area (Å²) in [4.78, 5) is 0. The number of halogens is 1. The lowest BCUT2D eigenvalue weighted by Gasteiger charge is -2.13. The van der Waals surface area contributed by atoms with E-state index in [9.17, 15) is 4.39 Å². The zero-order valence-corrected chi connectivity index (χ0v) is 10.4. The number of rotatable bonds is 3. The molecule has 96 valence electrons. The monoisotopic (exact) mass is 256 g/mol. The van der Waals surface area contributed by atoms with Crippen molar-refractivity contribution in [1.29, 1.82) is 5.26 Å². The van der Waals surface area contributed by atoms with E-state index in [0.717, 1.165) is 5.56 Å². The fraction of sp³-hybridized carbons (Fsp3) is 0.133. The number of hydrogen-bond donors (Lipinski definition) is 1. The highest BCUT2D eigenvalue weighted by atomic mass is 19.1. The van der Waals surface area contributed by atoms with E-state index in [0.29, 0.717) is 11.5 Å². The maximum absolute atomic E-state index is 13.5. The first-order chi connectivity index (χ1) is 9.11. The van der Waals surface area contributed by atoms with Crippen molar-refractivity contribution in [2.75, 3.05) is 0 Å². The van der Waals surface area contributed by atoms with Crippen molar-refractivity contribution in [3.63, 3.8) is 0 Å². The van der Waals surface area contributed by atoms with Crippen LogP contribution in [-0.4, -0.2) is 0 Å². The van der Waals surface area contributed by atoms with Gasteiger partial charge in [0.25, 0.3) is 0 Å². The lowest BCUT2D eigenvalue weighted by molar-refractivity contribution is 0.466. The molecule has 19 heavy (non-hydrogen) atoms. The fourth-order valence-electron chi connectivity index (χ4n) is 1.73.